The van der Waals surface area contributed by atoms with Gasteiger partial charge in [-0.2, -0.15) is 5.10 Å². The van der Waals surface area contributed by atoms with Crippen LogP contribution in [0, 0.1) is 6.92 Å². The summed E-state index contributed by atoms with van der Waals surface area (Å²) in [4.78, 5) is 33.0. The lowest BCUT2D eigenvalue weighted by atomic mass is 10.1. The molecule has 1 saturated heterocycles. The predicted molar refractivity (Wildman–Crippen MR) is 96.9 cm³/mol. The van der Waals surface area contributed by atoms with Gasteiger partial charge in [0, 0.05) is 43.5 Å². The molecule has 2 amide bonds. The van der Waals surface area contributed by atoms with E-state index in [2.05, 4.69) is 15.2 Å². The number of piperazine rings is 1. The first-order valence-corrected chi connectivity index (χ1v) is 8.58. The molecule has 26 heavy (non-hydrogen) atoms. The zero-order chi connectivity index (χ0) is 18.1. The lowest BCUT2D eigenvalue weighted by Crippen LogP contribution is -2.50. The van der Waals surface area contributed by atoms with E-state index in [1.807, 2.05) is 37.3 Å². The van der Waals surface area contributed by atoms with Crippen molar-refractivity contribution in [3.05, 3.63) is 59.5 Å². The Bertz CT molecular complexity index is 955. The van der Waals surface area contributed by atoms with Crippen LogP contribution in [0.25, 0.3) is 10.9 Å². The average molecular weight is 349 g/mol. The summed E-state index contributed by atoms with van der Waals surface area (Å²) in [5.74, 6) is -0.152. The van der Waals surface area contributed by atoms with Gasteiger partial charge in [-0.3, -0.25) is 19.7 Å². The van der Waals surface area contributed by atoms with Gasteiger partial charge in [-0.1, -0.05) is 18.2 Å². The van der Waals surface area contributed by atoms with Crippen LogP contribution in [0.3, 0.4) is 0 Å². The van der Waals surface area contributed by atoms with Crippen molar-refractivity contribution in [2.75, 3.05) is 26.2 Å². The van der Waals surface area contributed by atoms with E-state index in [4.69, 9.17) is 0 Å². The quantitative estimate of drug-likeness (QED) is 0.766. The number of H-pyrrole nitrogens is 1. The number of aryl methyl sites for hydroxylation is 1. The number of amides is 2. The number of pyridine rings is 1. The second-order valence-corrected chi connectivity index (χ2v) is 6.39. The van der Waals surface area contributed by atoms with Crippen LogP contribution in [0.15, 0.2) is 42.6 Å². The summed E-state index contributed by atoms with van der Waals surface area (Å²) in [5, 5.41) is 7.89. The molecule has 1 fully saturated rings. The number of carbonyl (C=O) groups is 2. The van der Waals surface area contributed by atoms with Crippen LogP contribution in [0.1, 0.15) is 26.5 Å². The van der Waals surface area contributed by atoms with Crippen LogP contribution >= 0.6 is 0 Å². The van der Waals surface area contributed by atoms with Crippen LogP contribution < -0.4 is 0 Å². The molecule has 0 saturated carbocycles. The number of para-hydroxylation sites is 1. The van der Waals surface area contributed by atoms with Crippen LogP contribution in [-0.4, -0.2) is 63.0 Å². The zero-order valence-corrected chi connectivity index (χ0v) is 14.5. The summed E-state index contributed by atoms with van der Waals surface area (Å²) < 4.78 is 0. The standard InChI is InChI=1S/C19H19N5O2/c1-13-6-7-14(12-20-13)18(25)23-8-10-24(11-9-23)19(26)17-15-4-2-3-5-16(15)21-22-17/h2-7,12H,8-11H2,1H3,(H,21,22). The molecule has 3 heterocycles. The molecule has 0 radical (unpaired) electrons. The topological polar surface area (TPSA) is 82.2 Å². The maximum atomic E-state index is 12.8. The second-order valence-electron chi connectivity index (χ2n) is 6.39. The predicted octanol–water partition coefficient (Wildman–Crippen LogP) is 1.86. The van der Waals surface area contributed by atoms with E-state index in [1.54, 1.807) is 22.1 Å². The highest BCUT2D eigenvalue weighted by Crippen LogP contribution is 2.18. The lowest BCUT2D eigenvalue weighted by Gasteiger charge is -2.34. The first-order valence-electron chi connectivity index (χ1n) is 8.58. The Kier molecular flexibility index (Phi) is 4.12. The molecule has 0 aliphatic carbocycles. The lowest BCUT2D eigenvalue weighted by molar-refractivity contribution is 0.0533. The SMILES string of the molecule is Cc1ccc(C(=O)N2CCN(C(=O)c3n[nH]c4ccccc34)CC2)cn1. The molecule has 1 aromatic carbocycles. The summed E-state index contributed by atoms with van der Waals surface area (Å²) in [6, 6.07) is 11.2. The summed E-state index contributed by atoms with van der Waals surface area (Å²) in [7, 11) is 0. The third-order valence-corrected chi connectivity index (χ3v) is 4.69. The van der Waals surface area contributed by atoms with Crippen molar-refractivity contribution in [1.29, 1.82) is 0 Å². The molecule has 0 spiro atoms. The number of rotatable bonds is 2. The van der Waals surface area contributed by atoms with E-state index in [0.717, 1.165) is 16.6 Å². The smallest absolute Gasteiger partial charge is 0.275 e. The highest BCUT2D eigenvalue weighted by molar-refractivity contribution is 6.04. The zero-order valence-electron chi connectivity index (χ0n) is 14.5. The fourth-order valence-electron chi connectivity index (χ4n) is 3.17. The third-order valence-electron chi connectivity index (χ3n) is 4.69. The Morgan fingerprint density at radius 3 is 2.35 bits per heavy atom. The number of benzene rings is 1. The van der Waals surface area contributed by atoms with Crippen molar-refractivity contribution in [2.45, 2.75) is 6.92 Å². The molecule has 0 bridgehead atoms. The second kappa shape index (κ2) is 6.59. The minimum Gasteiger partial charge on any atom is -0.335 e. The Labute approximate surface area is 150 Å². The van der Waals surface area contributed by atoms with E-state index >= 15 is 0 Å². The minimum atomic E-state index is -0.105. The Hall–Kier alpha value is -3.22. The summed E-state index contributed by atoms with van der Waals surface area (Å²) >= 11 is 0. The maximum Gasteiger partial charge on any atom is 0.275 e. The molecular weight excluding hydrogens is 330 g/mol. The van der Waals surface area contributed by atoms with Crippen LogP contribution in [0.5, 0.6) is 0 Å². The van der Waals surface area contributed by atoms with Crippen molar-refractivity contribution in [2.24, 2.45) is 0 Å². The number of carbonyl (C=O) groups excluding carboxylic acids is 2. The highest BCUT2D eigenvalue weighted by atomic mass is 16.2. The maximum absolute atomic E-state index is 12.8. The average Bonchev–Trinajstić information content (AvgIpc) is 3.12. The van der Waals surface area contributed by atoms with E-state index < -0.39 is 0 Å². The Morgan fingerprint density at radius 1 is 0.962 bits per heavy atom. The number of nitrogens with one attached hydrogen (secondary N) is 1. The number of aromatic nitrogens is 3. The van der Waals surface area contributed by atoms with Crippen LogP contribution in [-0.2, 0) is 0 Å². The summed E-state index contributed by atoms with van der Waals surface area (Å²) in [6.07, 6.45) is 1.60. The van der Waals surface area contributed by atoms with Gasteiger partial charge in [-0.05, 0) is 25.1 Å². The molecule has 7 nitrogen and oxygen atoms in total. The molecule has 1 N–H and O–H groups in total. The summed E-state index contributed by atoms with van der Waals surface area (Å²) in [6.45, 7) is 3.87. The number of hydrogen-bond donors (Lipinski definition) is 1. The molecule has 4 rings (SSSR count). The highest BCUT2D eigenvalue weighted by Gasteiger charge is 2.27. The number of hydrogen-bond acceptors (Lipinski definition) is 4. The van der Waals surface area contributed by atoms with Gasteiger partial charge in [-0.25, -0.2) is 0 Å². The largest absolute Gasteiger partial charge is 0.335 e. The van der Waals surface area contributed by atoms with Gasteiger partial charge in [-0.15, -0.1) is 0 Å². The Morgan fingerprint density at radius 2 is 1.65 bits per heavy atom. The number of fused-ring (bicyclic) bond motifs is 1. The van der Waals surface area contributed by atoms with Crippen LogP contribution in [0.4, 0.5) is 0 Å². The van der Waals surface area contributed by atoms with Crippen molar-refractivity contribution in [1.82, 2.24) is 25.0 Å². The van der Waals surface area contributed by atoms with Gasteiger partial charge < -0.3 is 9.80 Å². The van der Waals surface area contributed by atoms with E-state index in [0.29, 0.717) is 37.4 Å². The van der Waals surface area contributed by atoms with Gasteiger partial charge in [0.2, 0.25) is 0 Å². The fraction of sp³-hybridized carbons (Fsp3) is 0.263. The number of nitrogens with zero attached hydrogens (tertiary/aromatic N) is 4. The molecule has 2 aromatic heterocycles. The molecule has 132 valence electrons. The summed E-state index contributed by atoms with van der Waals surface area (Å²) in [5.41, 5.74) is 2.73. The van der Waals surface area contributed by atoms with Crippen molar-refractivity contribution >= 4 is 22.7 Å². The molecule has 1 aliphatic heterocycles. The van der Waals surface area contributed by atoms with Gasteiger partial charge in [0.15, 0.2) is 5.69 Å². The normalized spacial score (nSPS) is 14.7. The van der Waals surface area contributed by atoms with Crippen molar-refractivity contribution < 1.29 is 9.59 Å². The Balaban J connectivity index is 1.44. The molecule has 7 heteroatoms. The van der Waals surface area contributed by atoms with Gasteiger partial charge in [0.1, 0.15) is 0 Å². The third kappa shape index (κ3) is 2.92. The molecule has 3 aromatic rings. The number of aromatic amines is 1. The monoisotopic (exact) mass is 349 g/mol. The molecule has 0 unspecified atom stereocenters. The van der Waals surface area contributed by atoms with E-state index in [1.165, 1.54) is 0 Å². The van der Waals surface area contributed by atoms with Crippen molar-refractivity contribution in [3.63, 3.8) is 0 Å². The minimum absolute atomic E-state index is 0.0465. The molecule has 1 aliphatic rings. The fourth-order valence-corrected chi connectivity index (χ4v) is 3.17. The van der Waals surface area contributed by atoms with E-state index in [9.17, 15) is 9.59 Å². The van der Waals surface area contributed by atoms with Crippen LogP contribution in [0.2, 0.25) is 0 Å². The first-order chi connectivity index (χ1) is 12.6. The molecule has 0 atom stereocenters. The van der Waals surface area contributed by atoms with Crippen molar-refractivity contribution in [3.8, 4) is 0 Å². The van der Waals surface area contributed by atoms with Gasteiger partial charge in [0.05, 0.1) is 11.1 Å². The van der Waals surface area contributed by atoms with Gasteiger partial charge >= 0.3 is 0 Å². The first kappa shape index (κ1) is 16.3. The van der Waals surface area contributed by atoms with E-state index in [-0.39, 0.29) is 11.8 Å². The molecular formula is C19H19N5O2. The van der Waals surface area contributed by atoms with Gasteiger partial charge in [0.25, 0.3) is 11.8 Å².